The van der Waals surface area contributed by atoms with Crippen molar-refractivity contribution in [3.8, 4) is 16.9 Å². The SMILES string of the molecule is CCS(=O)(=O)N1CCC(C(=O)NCc2cn(-c3ccccc3)nc2-c2ccccc2)CC1. The highest BCUT2D eigenvalue weighted by molar-refractivity contribution is 7.89. The van der Waals surface area contributed by atoms with Crippen LogP contribution in [0.5, 0.6) is 0 Å². The van der Waals surface area contributed by atoms with Crippen LogP contribution >= 0.6 is 0 Å². The van der Waals surface area contributed by atoms with Gasteiger partial charge >= 0.3 is 0 Å². The Morgan fingerprint density at radius 2 is 1.66 bits per heavy atom. The molecule has 1 N–H and O–H groups in total. The van der Waals surface area contributed by atoms with Crippen molar-refractivity contribution in [2.75, 3.05) is 18.8 Å². The van der Waals surface area contributed by atoms with E-state index in [1.807, 2.05) is 71.5 Å². The molecular formula is C24H28N4O3S. The third-order valence-electron chi connectivity index (χ3n) is 5.89. The van der Waals surface area contributed by atoms with Crippen molar-refractivity contribution < 1.29 is 13.2 Å². The Morgan fingerprint density at radius 1 is 1.03 bits per heavy atom. The molecule has 7 nitrogen and oxygen atoms in total. The topological polar surface area (TPSA) is 84.3 Å². The van der Waals surface area contributed by atoms with Crippen molar-refractivity contribution >= 4 is 15.9 Å². The van der Waals surface area contributed by atoms with Gasteiger partial charge in [-0.05, 0) is 31.9 Å². The zero-order valence-electron chi connectivity index (χ0n) is 18.1. The second-order valence-electron chi connectivity index (χ2n) is 7.94. The quantitative estimate of drug-likeness (QED) is 0.597. The lowest BCUT2D eigenvalue weighted by Gasteiger charge is -2.30. The Kier molecular flexibility index (Phi) is 6.72. The van der Waals surface area contributed by atoms with Gasteiger partial charge in [0.05, 0.1) is 17.1 Å². The average molecular weight is 453 g/mol. The van der Waals surface area contributed by atoms with Gasteiger partial charge in [0.25, 0.3) is 0 Å². The lowest BCUT2D eigenvalue weighted by molar-refractivity contribution is -0.126. The number of nitrogens with zero attached hydrogens (tertiary/aromatic N) is 3. The van der Waals surface area contributed by atoms with Crippen molar-refractivity contribution in [2.45, 2.75) is 26.3 Å². The van der Waals surface area contributed by atoms with Gasteiger partial charge in [0.15, 0.2) is 0 Å². The summed E-state index contributed by atoms with van der Waals surface area (Å²) in [6.07, 6.45) is 3.04. The highest BCUT2D eigenvalue weighted by atomic mass is 32.2. The maximum Gasteiger partial charge on any atom is 0.223 e. The number of benzene rings is 2. The molecule has 1 saturated heterocycles. The Hall–Kier alpha value is -2.97. The van der Waals surface area contributed by atoms with E-state index in [4.69, 9.17) is 5.10 Å². The molecular weight excluding hydrogens is 424 g/mol. The highest BCUT2D eigenvalue weighted by Crippen LogP contribution is 2.24. The van der Waals surface area contributed by atoms with Crippen LogP contribution in [0.2, 0.25) is 0 Å². The molecule has 0 radical (unpaired) electrons. The number of piperidine rings is 1. The van der Waals surface area contributed by atoms with Gasteiger partial charge in [-0.2, -0.15) is 5.10 Å². The van der Waals surface area contributed by atoms with Crippen molar-refractivity contribution in [2.24, 2.45) is 5.92 Å². The fraction of sp³-hybridized carbons (Fsp3) is 0.333. The summed E-state index contributed by atoms with van der Waals surface area (Å²) in [6, 6.07) is 19.8. The molecule has 1 aliphatic heterocycles. The Morgan fingerprint density at radius 3 is 2.28 bits per heavy atom. The Labute approximate surface area is 189 Å². The summed E-state index contributed by atoms with van der Waals surface area (Å²) in [5.74, 6) is -0.120. The zero-order chi connectivity index (χ0) is 22.6. The van der Waals surface area contributed by atoms with Gasteiger partial charge in [0.2, 0.25) is 15.9 Å². The molecule has 2 aromatic carbocycles. The van der Waals surface area contributed by atoms with E-state index in [1.54, 1.807) is 6.92 Å². The van der Waals surface area contributed by atoms with Crippen LogP contribution in [0.3, 0.4) is 0 Å². The number of rotatable bonds is 7. The van der Waals surface area contributed by atoms with E-state index in [0.29, 0.717) is 32.5 Å². The smallest absolute Gasteiger partial charge is 0.223 e. The summed E-state index contributed by atoms with van der Waals surface area (Å²) >= 11 is 0. The molecule has 2 heterocycles. The van der Waals surface area contributed by atoms with E-state index in [9.17, 15) is 13.2 Å². The first-order valence-corrected chi connectivity index (χ1v) is 12.5. The number of hydrogen-bond donors (Lipinski definition) is 1. The van der Waals surface area contributed by atoms with Crippen LogP contribution in [0.25, 0.3) is 16.9 Å². The van der Waals surface area contributed by atoms with Crippen LogP contribution in [-0.2, 0) is 21.4 Å². The van der Waals surface area contributed by atoms with Crippen LogP contribution in [-0.4, -0.2) is 47.3 Å². The molecule has 0 unspecified atom stereocenters. The normalized spacial score (nSPS) is 15.5. The van der Waals surface area contributed by atoms with Crippen LogP contribution < -0.4 is 5.32 Å². The Balaban J connectivity index is 1.47. The summed E-state index contributed by atoms with van der Waals surface area (Å²) in [7, 11) is -3.19. The molecule has 0 spiro atoms. The van der Waals surface area contributed by atoms with E-state index < -0.39 is 10.0 Å². The van der Waals surface area contributed by atoms with Crippen LogP contribution in [0.15, 0.2) is 66.9 Å². The molecule has 0 bridgehead atoms. The average Bonchev–Trinajstić information content (AvgIpc) is 3.28. The molecule has 1 fully saturated rings. The number of amides is 1. The predicted octanol–water partition coefficient (Wildman–Crippen LogP) is 3.22. The minimum Gasteiger partial charge on any atom is -0.352 e. The fourth-order valence-corrected chi connectivity index (χ4v) is 5.13. The Bertz CT molecular complexity index is 1150. The number of sulfonamides is 1. The second-order valence-corrected chi connectivity index (χ2v) is 10.2. The van der Waals surface area contributed by atoms with Gasteiger partial charge < -0.3 is 5.32 Å². The van der Waals surface area contributed by atoms with Crippen molar-refractivity contribution in [3.05, 3.63) is 72.4 Å². The second kappa shape index (κ2) is 9.67. The van der Waals surface area contributed by atoms with Crippen molar-refractivity contribution in [1.82, 2.24) is 19.4 Å². The molecule has 3 aromatic rings. The third-order valence-corrected chi connectivity index (χ3v) is 7.78. The minimum atomic E-state index is -3.19. The molecule has 168 valence electrons. The van der Waals surface area contributed by atoms with Gasteiger partial charge in [-0.15, -0.1) is 0 Å². The fourth-order valence-electron chi connectivity index (χ4n) is 4.00. The largest absolute Gasteiger partial charge is 0.352 e. The molecule has 0 aliphatic carbocycles. The number of hydrogen-bond acceptors (Lipinski definition) is 4. The van der Waals surface area contributed by atoms with Crippen molar-refractivity contribution in [1.29, 1.82) is 0 Å². The minimum absolute atomic E-state index is 0.0370. The lowest BCUT2D eigenvalue weighted by atomic mass is 9.97. The predicted molar refractivity (Wildman–Crippen MR) is 125 cm³/mol. The molecule has 0 saturated carbocycles. The van der Waals surface area contributed by atoms with E-state index in [-0.39, 0.29) is 17.6 Å². The zero-order valence-corrected chi connectivity index (χ0v) is 19.0. The molecule has 1 aromatic heterocycles. The molecule has 32 heavy (non-hydrogen) atoms. The number of para-hydroxylation sites is 1. The molecule has 0 atom stereocenters. The molecule has 8 heteroatoms. The standard InChI is InChI=1S/C24H28N4O3S/c1-2-32(30,31)27-15-13-20(14-16-27)24(29)25-17-21-18-28(22-11-7-4-8-12-22)26-23(21)19-9-5-3-6-10-19/h3-12,18,20H,2,13-17H2,1H3,(H,25,29). The van der Waals surface area contributed by atoms with E-state index >= 15 is 0 Å². The summed E-state index contributed by atoms with van der Waals surface area (Å²) in [5.41, 5.74) is 3.70. The summed E-state index contributed by atoms with van der Waals surface area (Å²) < 4.78 is 27.4. The maximum atomic E-state index is 12.8. The summed E-state index contributed by atoms with van der Waals surface area (Å²) in [6.45, 7) is 2.81. The summed E-state index contributed by atoms with van der Waals surface area (Å²) in [4.78, 5) is 12.8. The first kappa shape index (κ1) is 22.2. The highest BCUT2D eigenvalue weighted by Gasteiger charge is 2.30. The van der Waals surface area contributed by atoms with Gasteiger partial charge in [0, 0.05) is 42.9 Å². The van der Waals surface area contributed by atoms with Gasteiger partial charge in [-0.25, -0.2) is 17.4 Å². The van der Waals surface area contributed by atoms with E-state index in [2.05, 4.69) is 5.32 Å². The molecule has 1 amide bonds. The first-order chi connectivity index (χ1) is 15.5. The van der Waals surface area contributed by atoms with Gasteiger partial charge in [-0.1, -0.05) is 48.5 Å². The van der Waals surface area contributed by atoms with Crippen LogP contribution in [0.4, 0.5) is 0 Å². The van der Waals surface area contributed by atoms with Gasteiger partial charge in [0.1, 0.15) is 0 Å². The first-order valence-electron chi connectivity index (χ1n) is 10.9. The van der Waals surface area contributed by atoms with Gasteiger partial charge in [-0.3, -0.25) is 4.79 Å². The van der Waals surface area contributed by atoms with Crippen LogP contribution in [0.1, 0.15) is 25.3 Å². The van der Waals surface area contributed by atoms with Crippen LogP contribution in [0, 0.1) is 5.92 Å². The number of nitrogens with one attached hydrogen (secondary N) is 1. The number of carbonyl (C=O) groups excluding carboxylic acids is 1. The maximum absolute atomic E-state index is 12.8. The number of carbonyl (C=O) groups is 1. The summed E-state index contributed by atoms with van der Waals surface area (Å²) in [5, 5.41) is 7.83. The van der Waals surface area contributed by atoms with E-state index in [1.165, 1.54) is 4.31 Å². The van der Waals surface area contributed by atoms with E-state index in [0.717, 1.165) is 22.5 Å². The lowest BCUT2D eigenvalue weighted by Crippen LogP contribution is -2.43. The van der Waals surface area contributed by atoms with Crippen molar-refractivity contribution in [3.63, 3.8) is 0 Å². The molecule has 1 aliphatic rings. The number of aromatic nitrogens is 2. The monoisotopic (exact) mass is 452 g/mol. The molecule has 4 rings (SSSR count). The third kappa shape index (κ3) is 4.92.